The number of anilines is 3. The number of rotatable bonds is 5. The summed E-state index contributed by atoms with van der Waals surface area (Å²) < 4.78 is 64.9. The zero-order chi connectivity index (χ0) is 18.8. The second-order valence-corrected chi connectivity index (χ2v) is 8.03. The SMILES string of the molecule is O=S(=O)(Nc1ccc(Nc2cccc(C(F)(F)F)c2)cn1)c1cccs1. The summed E-state index contributed by atoms with van der Waals surface area (Å²) in [5, 5.41) is 4.44. The van der Waals surface area contributed by atoms with Crippen LogP contribution in [0.25, 0.3) is 0 Å². The van der Waals surface area contributed by atoms with Gasteiger partial charge in [-0.1, -0.05) is 12.1 Å². The molecule has 0 atom stereocenters. The van der Waals surface area contributed by atoms with Crippen LogP contribution in [0.5, 0.6) is 0 Å². The van der Waals surface area contributed by atoms with E-state index in [1.54, 1.807) is 11.4 Å². The lowest BCUT2D eigenvalue weighted by Gasteiger charge is -2.11. The summed E-state index contributed by atoms with van der Waals surface area (Å²) in [6, 6.07) is 10.8. The Labute approximate surface area is 151 Å². The maximum absolute atomic E-state index is 12.7. The largest absolute Gasteiger partial charge is 0.416 e. The van der Waals surface area contributed by atoms with E-state index < -0.39 is 21.8 Å². The minimum atomic E-state index is -4.43. The molecule has 2 heterocycles. The third kappa shape index (κ3) is 4.33. The van der Waals surface area contributed by atoms with Crippen molar-refractivity contribution in [3.8, 4) is 0 Å². The summed E-state index contributed by atoms with van der Waals surface area (Å²) in [6.45, 7) is 0. The Morgan fingerprint density at radius 3 is 2.42 bits per heavy atom. The van der Waals surface area contributed by atoms with Crippen LogP contribution in [0.15, 0.2) is 64.3 Å². The number of benzene rings is 1. The fraction of sp³-hybridized carbons (Fsp3) is 0.0625. The van der Waals surface area contributed by atoms with Crippen molar-refractivity contribution in [2.75, 3.05) is 10.0 Å². The first-order valence-electron chi connectivity index (χ1n) is 7.21. The molecule has 0 unspecified atom stereocenters. The number of aromatic nitrogens is 1. The van der Waals surface area contributed by atoms with Gasteiger partial charge in [-0.25, -0.2) is 13.4 Å². The molecule has 5 nitrogen and oxygen atoms in total. The summed E-state index contributed by atoms with van der Waals surface area (Å²) >= 11 is 1.07. The molecule has 0 bridgehead atoms. The third-order valence-corrected chi connectivity index (χ3v) is 5.99. The highest BCUT2D eigenvalue weighted by Crippen LogP contribution is 2.31. The molecule has 0 aliphatic rings. The van der Waals surface area contributed by atoms with E-state index in [9.17, 15) is 21.6 Å². The van der Waals surface area contributed by atoms with Gasteiger partial charge in [-0.2, -0.15) is 13.2 Å². The molecule has 0 fully saturated rings. The Balaban J connectivity index is 1.73. The van der Waals surface area contributed by atoms with Gasteiger partial charge in [-0.3, -0.25) is 4.72 Å². The van der Waals surface area contributed by atoms with Crippen LogP contribution in [0.3, 0.4) is 0 Å². The van der Waals surface area contributed by atoms with Crippen LogP contribution >= 0.6 is 11.3 Å². The molecule has 0 aliphatic carbocycles. The highest BCUT2D eigenvalue weighted by Gasteiger charge is 2.30. The van der Waals surface area contributed by atoms with E-state index in [2.05, 4.69) is 15.0 Å². The molecule has 0 aliphatic heterocycles. The lowest BCUT2D eigenvalue weighted by atomic mass is 10.2. The van der Waals surface area contributed by atoms with Crippen molar-refractivity contribution in [1.29, 1.82) is 0 Å². The van der Waals surface area contributed by atoms with Crippen molar-refractivity contribution in [2.45, 2.75) is 10.4 Å². The zero-order valence-corrected chi connectivity index (χ0v) is 14.6. The van der Waals surface area contributed by atoms with Gasteiger partial charge in [0.2, 0.25) is 0 Å². The first kappa shape index (κ1) is 18.2. The first-order valence-corrected chi connectivity index (χ1v) is 9.57. The molecule has 0 amide bonds. The lowest BCUT2D eigenvalue weighted by Crippen LogP contribution is -2.12. The fourth-order valence-electron chi connectivity index (χ4n) is 2.07. The van der Waals surface area contributed by atoms with Crippen molar-refractivity contribution in [1.82, 2.24) is 4.98 Å². The van der Waals surface area contributed by atoms with Crippen LogP contribution in [0.1, 0.15) is 5.56 Å². The van der Waals surface area contributed by atoms with E-state index in [0.29, 0.717) is 5.69 Å². The fourth-order valence-corrected chi connectivity index (χ4v) is 4.07. The van der Waals surface area contributed by atoms with Gasteiger partial charge in [0.05, 0.1) is 17.4 Å². The van der Waals surface area contributed by atoms with Crippen molar-refractivity contribution < 1.29 is 21.6 Å². The quantitative estimate of drug-likeness (QED) is 0.652. The van der Waals surface area contributed by atoms with Gasteiger partial charge < -0.3 is 5.32 Å². The van der Waals surface area contributed by atoms with Gasteiger partial charge in [0.1, 0.15) is 10.0 Å². The molecule has 0 saturated heterocycles. The number of hydrogen-bond donors (Lipinski definition) is 2. The Morgan fingerprint density at radius 1 is 1.00 bits per heavy atom. The molecule has 26 heavy (non-hydrogen) atoms. The normalized spacial score (nSPS) is 12.0. The maximum atomic E-state index is 12.7. The van der Waals surface area contributed by atoms with E-state index in [1.165, 1.54) is 36.5 Å². The number of pyridine rings is 1. The van der Waals surface area contributed by atoms with Crippen LogP contribution in [0.2, 0.25) is 0 Å². The van der Waals surface area contributed by atoms with Crippen LogP contribution in [0.4, 0.5) is 30.4 Å². The molecule has 0 saturated carbocycles. The van der Waals surface area contributed by atoms with Gasteiger partial charge in [0.25, 0.3) is 10.0 Å². The molecule has 2 N–H and O–H groups in total. The number of alkyl halides is 3. The highest BCUT2D eigenvalue weighted by atomic mass is 32.2. The molecule has 136 valence electrons. The van der Waals surface area contributed by atoms with Crippen molar-refractivity contribution in [3.05, 3.63) is 65.7 Å². The number of nitrogens with zero attached hydrogens (tertiary/aromatic N) is 1. The van der Waals surface area contributed by atoms with Crippen molar-refractivity contribution in [3.63, 3.8) is 0 Å². The van der Waals surface area contributed by atoms with Crippen LogP contribution < -0.4 is 10.0 Å². The summed E-state index contributed by atoms with van der Waals surface area (Å²) in [5.41, 5.74) is -0.104. The van der Waals surface area contributed by atoms with Crippen LogP contribution in [0, 0.1) is 0 Å². The van der Waals surface area contributed by atoms with Crippen LogP contribution in [-0.4, -0.2) is 13.4 Å². The number of thiophene rings is 1. The Bertz CT molecular complexity index is 986. The van der Waals surface area contributed by atoms with Gasteiger partial charge in [0, 0.05) is 5.69 Å². The van der Waals surface area contributed by atoms with Gasteiger partial charge in [-0.15, -0.1) is 11.3 Å². The average molecular weight is 399 g/mol. The average Bonchev–Trinajstić information content (AvgIpc) is 3.11. The monoisotopic (exact) mass is 399 g/mol. The molecule has 3 rings (SSSR count). The smallest absolute Gasteiger partial charge is 0.354 e. The number of nitrogens with one attached hydrogen (secondary N) is 2. The second-order valence-electron chi connectivity index (χ2n) is 5.17. The van der Waals surface area contributed by atoms with E-state index in [-0.39, 0.29) is 15.7 Å². The zero-order valence-electron chi connectivity index (χ0n) is 13.0. The Hall–Kier alpha value is -2.59. The predicted octanol–water partition coefficient (Wildman–Crippen LogP) is 4.71. The minimum absolute atomic E-state index is 0.105. The van der Waals surface area contributed by atoms with Gasteiger partial charge in [0.15, 0.2) is 0 Å². The van der Waals surface area contributed by atoms with E-state index in [4.69, 9.17) is 0 Å². The minimum Gasteiger partial charge on any atom is -0.354 e. The van der Waals surface area contributed by atoms with Crippen LogP contribution in [-0.2, 0) is 16.2 Å². The Kier molecular flexibility index (Phi) is 4.88. The summed E-state index contributed by atoms with van der Waals surface area (Å²) in [7, 11) is -3.70. The van der Waals surface area contributed by atoms with Crippen molar-refractivity contribution >= 4 is 38.6 Å². The first-order chi connectivity index (χ1) is 12.2. The highest BCUT2D eigenvalue weighted by molar-refractivity contribution is 7.94. The topological polar surface area (TPSA) is 71.1 Å². The van der Waals surface area contributed by atoms with E-state index in [0.717, 1.165) is 23.5 Å². The molecule has 0 radical (unpaired) electrons. The molecule has 3 aromatic rings. The maximum Gasteiger partial charge on any atom is 0.416 e. The number of hydrogen-bond acceptors (Lipinski definition) is 5. The molecular formula is C16H12F3N3O2S2. The number of sulfonamides is 1. The Morgan fingerprint density at radius 2 is 1.81 bits per heavy atom. The van der Waals surface area contributed by atoms with Crippen molar-refractivity contribution in [2.24, 2.45) is 0 Å². The van der Waals surface area contributed by atoms with E-state index in [1.807, 2.05) is 0 Å². The lowest BCUT2D eigenvalue weighted by molar-refractivity contribution is -0.137. The molecular weight excluding hydrogens is 387 g/mol. The number of halogens is 3. The summed E-state index contributed by atoms with van der Waals surface area (Å²) in [5.74, 6) is 0.105. The standard InChI is InChI=1S/C16H12F3N3O2S2/c17-16(18,19)11-3-1-4-12(9-11)21-13-6-7-14(20-10-13)22-26(23,24)15-5-2-8-25-15/h1-10,21H,(H,20,22). The predicted molar refractivity (Wildman–Crippen MR) is 94.1 cm³/mol. The van der Waals surface area contributed by atoms with Gasteiger partial charge in [-0.05, 0) is 41.8 Å². The van der Waals surface area contributed by atoms with Gasteiger partial charge >= 0.3 is 6.18 Å². The molecule has 0 spiro atoms. The second kappa shape index (κ2) is 6.96. The molecule has 2 aromatic heterocycles. The summed E-state index contributed by atoms with van der Waals surface area (Å²) in [6.07, 6.45) is -3.10. The molecule has 1 aromatic carbocycles. The third-order valence-electron chi connectivity index (χ3n) is 3.24. The molecule has 10 heteroatoms. The van der Waals surface area contributed by atoms with E-state index >= 15 is 0 Å². The summed E-state index contributed by atoms with van der Waals surface area (Å²) in [4.78, 5) is 3.97.